The summed E-state index contributed by atoms with van der Waals surface area (Å²) < 4.78 is 0. The molecule has 0 radical (unpaired) electrons. The minimum atomic E-state index is -0.842. The first-order valence-corrected chi connectivity index (χ1v) is 2.61. The van der Waals surface area contributed by atoms with Crippen molar-refractivity contribution in [1.82, 2.24) is 0 Å². The molecule has 0 amide bonds. The Hall–Kier alpha value is -0.180. The number of carbonyl (C=O) groups is 1. The Morgan fingerprint density at radius 2 is 2.43 bits per heavy atom. The first-order chi connectivity index (χ1) is 3.18. The van der Waals surface area contributed by atoms with Gasteiger partial charge >= 0.3 is 5.97 Å². The van der Waals surface area contributed by atoms with E-state index in [1.54, 1.807) is 6.92 Å². The van der Waals surface area contributed by atoms with Crippen LogP contribution in [0.5, 0.6) is 0 Å². The highest BCUT2D eigenvalue weighted by molar-refractivity contribution is 7.81. The van der Waals surface area contributed by atoms with Crippen LogP contribution >= 0.6 is 12.6 Å². The molecule has 3 heteroatoms. The Balaban J connectivity index is 3.34. The van der Waals surface area contributed by atoms with Gasteiger partial charge in [0.1, 0.15) is 0 Å². The molecule has 2 nitrogen and oxygen atoms in total. The molecule has 0 spiro atoms. The molecule has 0 aliphatic heterocycles. The molecule has 0 bridgehead atoms. The van der Waals surface area contributed by atoms with Gasteiger partial charge in [-0.15, -0.1) is 0 Å². The van der Waals surface area contributed by atoms with E-state index in [2.05, 4.69) is 12.6 Å². The van der Waals surface area contributed by atoms with Gasteiger partial charge in [-0.25, -0.2) is 0 Å². The molecule has 0 saturated carbocycles. The van der Waals surface area contributed by atoms with Crippen molar-refractivity contribution in [1.29, 1.82) is 0 Å². The Labute approximate surface area is 47.9 Å². The number of carboxylic acid groups (broad SMARTS) is 1. The van der Waals surface area contributed by atoms with Gasteiger partial charge < -0.3 is 5.11 Å². The lowest BCUT2D eigenvalue weighted by Gasteiger charge is -1.95. The largest absolute Gasteiger partial charge is 0.480 e. The Bertz CT molecular complexity index is 72.1. The third-order valence-corrected chi connectivity index (χ3v) is 1.26. The summed E-state index contributed by atoms with van der Waals surface area (Å²) in [5, 5.41) is 7.62. The van der Waals surface area contributed by atoms with Crippen molar-refractivity contribution in [2.45, 2.75) is 18.6 Å². The molecule has 0 aromatic carbocycles. The van der Waals surface area contributed by atoms with Crippen LogP contribution in [0.4, 0.5) is 0 Å². The van der Waals surface area contributed by atoms with Crippen molar-refractivity contribution in [2.75, 3.05) is 0 Å². The normalized spacial score (nSPS) is 13.4. The predicted octanol–water partition coefficient (Wildman–Crippen LogP) is 0.779. The Morgan fingerprint density at radius 3 is 2.43 bits per heavy atom. The van der Waals surface area contributed by atoms with Crippen molar-refractivity contribution in [2.24, 2.45) is 0 Å². The molecule has 0 heterocycles. The molecule has 7 heavy (non-hydrogen) atoms. The summed E-state index contributed by atoms with van der Waals surface area (Å²) in [5.41, 5.74) is 0. The maximum atomic E-state index is 9.85. The SMILES string of the molecule is CCC(S)C(=O)O. The zero-order valence-corrected chi connectivity index (χ0v) is 4.98. The van der Waals surface area contributed by atoms with Gasteiger partial charge in [-0.1, -0.05) is 6.92 Å². The molecule has 0 aromatic heterocycles. The van der Waals surface area contributed by atoms with E-state index in [4.69, 9.17) is 5.11 Å². The fourth-order valence-corrected chi connectivity index (χ4v) is 0.175. The molecule has 0 aromatic rings. The van der Waals surface area contributed by atoms with Crippen LogP contribution in [0.25, 0.3) is 0 Å². The topological polar surface area (TPSA) is 37.3 Å². The molecule has 42 valence electrons. The van der Waals surface area contributed by atoms with Gasteiger partial charge in [-0.2, -0.15) is 12.6 Å². The van der Waals surface area contributed by atoms with E-state index in [9.17, 15) is 4.79 Å². The minimum Gasteiger partial charge on any atom is -0.480 e. The summed E-state index contributed by atoms with van der Waals surface area (Å²) in [7, 11) is 0. The van der Waals surface area contributed by atoms with Crippen LogP contribution in [0.3, 0.4) is 0 Å². The molecule has 1 N–H and O–H groups in total. The molecular formula is C4H8O2S. The fourth-order valence-electron chi connectivity index (χ4n) is 0.175. The van der Waals surface area contributed by atoms with Crippen LogP contribution in [0.1, 0.15) is 13.3 Å². The van der Waals surface area contributed by atoms with Gasteiger partial charge in [-0.3, -0.25) is 4.79 Å². The first kappa shape index (κ1) is 6.82. The molecule has 0 aliphatic carbocycles. The van der Waals surface area contributed by atoms with Crippen LogP contribution < -0.4 is 0 Å². The van der Waals surface area contributed by atoms with Gasteiger partial charge in [-0.05, 0) is 6.42 Å². The van der Waals surface area contributed by atoms with Crippen LogP contribution in [0.2, 0.25) is 0 Å². The quantitative estimate of drug-likeness (QED) is 0.528. The van der Waals surface area contributed by atoms with E-state index < -0.39 is 11.2 Å². The summed E-state index contributed by atoms with van der Waals surface area (Å²) in [6.07, 6.45) is 0.582. The fraction of sp³-hybridized carbons (Fsp3) is 0.750. The van der Waals surface area contributed by atoms with Crippen molar-refractivity contribution in [3.8, 4) is 0 Å². The van der Waals surface area contributed by atoms with Crippen molar-refractivity contribution < 1.29 is 9.90 Å². The van der Waals surface area contributed by atoms with E-state index in [0.29, 0.717) is 6.42 Å². The van der Waals surface area contributed by atoms with Gasteiger partial charge in [0.2, 0.25) is 0 Å². The highest BCUT2D eigenvalue weighted by Crippen LogP contribution is 1.97. The number of aliphatic carboxylic acids is 1. The van der Waals surface area contributed by atoms with Crippen molar-refractivity contribution >= 4 is 18.6 Å². The zero-order valence-electron chi connectivity index (χ0n) is 4.09. The number of rotatable bonds is 2. The second kappa shape index (κ2) is 2.91. The summed E-state index contributed by atoms with van der Waals surface area (Å²) in [5.74, 6) is -0.842. The first-order valence-electron chi connectivity index (χ1n) is 2.09. The summed E-state index contributed by atoms with van der Waals surface area (Å²) in [6, 6.07) is 0. The maximum Gasteiger partial charge on any atom is 0.316 e. The lowest BCUT2D eigenvalue weighted by atomic mass is 10.3. The lowest BCUT2D eigenvalue weighted by Crippen LogP contribution is -2.10. The van der Waals surface area contributed by atoms with Gasteiger partial charge in [0.05, 0.1) is 5.25 Å². The van der Waals surface area contributed by atoms with E-state index in [1.165, 1.54) is 0 Å². The van der Waals surface area contributed by atoms with Gasteiger partial charge in [0.25, 0.3) is 0 Å². The molecule has 0 rings (SSSR count). The van der Waals surface area contributed by atoms with Crippen LogP contribution in [-0.4, -0.2) is 16.3 Å². The van der Waals surface area contributed by atoms with Gasteiger partial charge in [0, 0.05) is 0 Å². The molecule has 1 unspecified atom stereocenters. The monoisotopic (exact) mass is 120 g/mol. The maximum absolute atomic E-state index is 9.85. The molecule has 1 atom stereocenters. The zero-order chi connectivity index (χ0) is 5.86. The van der Waals surface area contributed by atoms with E-state index in [1.807, 2.05) is 0 Å². The van der Waals surface area contributed by atoms with Crippen LogP contribution in [0.15, 0.2) is 0 Å². The average molecular weight is 120 g/mol. The second-order valence-electron chi connectivity index (χ2n) is 1.26. The van der Waals surface area contributed by atoms with Crippen molar-refractivity contribution in [3.05, 3.63) is 0 Å². The summed E-state index contributed by atoms with van der Waals surface area (Å²) >= 11 is 3.73. The molecule has 0 saturated heterocycles. The predicted molar refractivity (Wildman–Crippen MR) is 30.7 cm³/mol. The van der Waals surface area contributed by atoms with Crippen LogP contribution in [-0.2, 0) is 4.79 Å². The average Bonchev–Trinajstić information content (AvgIpc) is 1.65. The van der Waals surface area contributed by atoms with Crippen LogP contribution in [0, 0.1) is 0 Å². The number of carboxylic acids is 1. The molecule has 0 aliphatic rings. The van der Waals surface area contributed by atoms with Gasteiger partial charge in [0.15, 0.2) is 0 Å². The second-order valence-corrected chi connectivity index (χ2v) is 1.89. The number of hydrogen-bond donors (Lipinski definition) is 2. The third-order valence-electron chi connectivity index (χ3n) is 0.672. The van der Waals surface area contributed by atoms with E-state index in [-0.39, 0.29) is 0 Å². The minimum absolute atomic E-state index is 0.486. The number of hydrogen-bond acceptors (Lipinski definition) is 2. The standard InChI is InChI=1S/C4H8O2S/c1-2-3(7)4(5)6/h3,7H,2H2,1H3,(H,5,6). The van der Waals surface area contributed by atoms with E-state index >= 15 is 0 Å². The molecular weight excluding hydrogens is 112 g/mol. The highest BCUT2D eigenvalue weighted by Gasteiger charge is 2.06. The third kappa shape index (κ3) is 2.51. The summed E-state index contributed by atoms with van der Waals surface area (Å²) in [4.78, 5) is 9.85. The number of thiol groups is 1. The smallest absolute Gasteiger partial charge is 0.316 e. The summed E-state index contributed by atoms with van der Waals surface area (Å²) in [6.45, 7) is 1.78. The highest BCUT2D eigenvalue weighted by atomic mass is 32.1. The Morgan fingerprint density at radius 1 is 2.00 bits per heavy atom. The Kier molecular flexibility index (Phi) is 2.83. The molecule has 0 fully saturated rings. The lowest BCUT2D eigenvalue weighted by molar-refractivity contribution is -0.136. The van der Waals surface area contributed by atoms with E-state index in [0.717, 1.165) is 0 Å². The van der Waals surface area contributed by atoms with Crippen molar-refractivity contribution in [3.63, 3.8) is 0 Å².